The Labute approximate surface area is 144 Å². The monoisotopic (exact) mass is 335 g/mol. The highest BCUT2D eigenvalue weighted by Gasteiger charge is 2.16. The summed E-state index contributed by atoms with van der Waals surface area (Å²) in [5.74, 6) is -0.0252. The maximum Gasteiger partial charge on any atom is 0.407 e. The van der Waals surface area contributed by atoms with Gasteiger partial charge in [-0.1, -0.05) is 12.1 Å². The van der Waals surface area contributed by atoms with E-state index in [-0.39, 0.29) is 18.9 Å². The van der Waals surface area contributed by atoms with Gasteiger partial charge in [0.2, 0.25) is 5.91 Å². The number of benzene rings is 1. The van der Waals surface area contributed by atoms with Crippen LogP contribution in [-0.2, 0) is 16.1 Å². The lowest BCUT2D eigenvalue weighted by atomic mass is 10.2. The Morgan fingerprint density at radius 3 is 2.17 bits per heavy atom. The second kappa shape index (κ2) is 8.57. The molecule has 1 N–H and O–H groups in total. The van der Waals surface area contributed by atoms with Crippen molar-refractivity contribution in [1.82, 2.24) is 10.2 Å². The number of hydrogen-bond acceptors (Lipinski definition) is 4. The Kier molecular flexibility index (Phi) is 7.07. The lowest BCUT2D eigenvalue weighted by Crippen LogP contribution is -2.35. The molecule has 0 fully saturated rings. The second-order valence-electron chi connectivity index (χ2n) is 6.99. The summed E-state index contributed by atoms with van der Waals surface area (Å²) in [5, 5.41) is 2.59. The van der Waals surface area contributed by atoms with Crippen LogP contribution in [0.15, 0.2) is 24.3 Å². The van der Waals surface area contributed by atoms with Crippen LogP contribution in [-0.4, -0.2) is 50.2 Å². The van der Waals surface area contributed by atoms with Crippen molar-refractivity contribution in [3.05, 3.63) is 29.8 Å². The van der Waals surface area contributed by atoms with Crippen LogP contribution in [0.5, 0.6) is 0 Å². The zero-order valence-corrected chi connectivity index (χ0v) is 15.5. The van der Waals surface area contributed by atoms with Crippen LogP contribution >= 0.6 is 0 Å². The van der Waals surface area contributed by atoms with Crippen molar-refractivity contribution in [2.24, 2.45) is 0 Å². The summed E-state index contributed by atoms with van der Waals surface area (Å²) in [6, 6.07) is 8.07. The van der Waals surface area contributed by atoms with E-state index in [2.05, 4.69) is 5.32 Å². The third-order valence-electron chi connectivity index (χ3n) is 3.31. The van der Waals surface area contributed by atoms with E-state index in [4.69, 9.17) is 4.74 Å². The van der Waals surface area contributed by atoms with Crippen LogP contribution < -0.4 is 10.2 Å². The molecule has 0 radical (unpaired) electrons. The van der Waals surface area contributed by atoms with Gasteiger partial charge < -0.3 is 19.9 Å². The van der Waals surface area contributed by atoms with Crippen molar-refractivity contribution in [2.45, 2.75) is 39.3 Å². The van der Waals surface area contributed by atoms with Crippen LogP contribution in [0.1, 0.15) is 32.8 Å². The van der Waals surface area contributed by atoms with Crippen molar-refractivity contribution in [1.29, 1.82) is 0 Å². The molecule has 0 atom stereocenters. The van der Waals surface area contributed by atoms with Gasteiger partial charge in [0.05, 0.1) is 0 Å². The molecule has 0 aliphatic rings. The summed E-state index contributed by atoms with van der Waals surface area (Å²) in [4.78, 5) is 27.3. The molecule has 0 unspecified atom stereocenters. The first-order chi connectivity index (χ1) is 11.1. The van der Waals surface area contributed by atoms with E-state index in [1.54, 1.807) is 32.7 Å². The van der Waals surface area contributed by atoms with E-state index >= 15 is 0 Å². The molecule has 1 aromatic carbocycles. The van der Waals surface area contributed by atoms with Gasteiger partial charge >= 0.3 is 6.09 Å². The summed E-state index contributed by atoms with van der Waals surface area (Å²) in [7, 11) is 5.74. The number of anilines is 1. The third-order valence-corrected chi connectivity index (χ3v) is 3.31. The first kappa shape index (κ1) is 19.8. The average Bonchev–Trinajstić information content (AvgIpc) is 2.45. The predicted molar refractivity (Wildman–Crippen MR) is 96.1 cm³/mol. The van der Waals surface area contributed by atoms with Crippen LogP contribution in [0.4, 0.5) is 10.5 Å². The molecular formula is C18H29N3O3. The predicted octanol–water partition coefficient (Wildman–Crippen LogP) is 2.63. The molecule has 0 aliphatic carbocycles. The lowest BCUT2D eigenvalue weighted by molar-refractivity contribution is -0.130. The van der Waals surface area contributed by atoms with E-state index in [1.807, 2.05) is 43.3 Å². The number of hydrogen-bond donors (Lipinski definition) is 1. The number of rotatable bonds is 6. The van der Waals surface area contributed by atoms with Gasteiger partial charge in [-0.05, 0) is 38.5 Å². The molecule has 1 rings (SSSR count). The number of nitrogens with zero attached hydrogens (tertiary/aromatic N) is 2. The molecule has 134 valence electrons. The Bertz CT molecular complexity index is 548. The van der Waals surface area contributed by atoms with E-state index in [9.17, 15) is 9.59 Å². The minimum absolute atomic E-state index is 0.0252. The van der Waals surface area contributed by atoms with Gasteiger partial charge in [-0.3, -0.25) is 4.79 Å². The van der Waals surface area contributed by atoms with Gasteiger partial charge in [0, 0.05) is 46.3 Å². The molecule has 0 saturated heterocycles. The van der Waals surface area contributed by atoms with Crippen molar-refractivity contribution in [3.63, 3.8) is 0 Å². The highest BCUT2D eigenvalue weighted by Crippen LogP contribution is 2.13. The fourth-order valence-corrected chi connectivity index (χ4v) is 2.04. The Hall–Kier alpha value is -2.24. The number of alkyl carbamates (subject to hydrolysis) is 1. The molecule has 24 heavy (non-hydrogen) atoms. The summed E-state index contributed by atoms with van der Waals surface area (Å²) in [6.07, 6.45) is -0.261. The van der Waals surface area contributed by atoms with Gasteiger partial charge in [0.15, 0.2) is 0 Å². The maximum atomic E-state index is 12.1. The fraction of sp³-hybridized carbons (Fsp3) is 0.556. The highest BCUT2D eigenvalue weighted by molar-refractivity contribution is 5.77. The molecule has 0 saturated carbocycles. The standard InChI is InChI=1S/C18H29N3O3/c1-18(2,3)24-17(23)19-12-11-16(22)21(6)13-14-7-9-15(10-8-14)20(4)5/h7-10H,11-13H2,1-6H3,(H,19,23). The van der Waals surface area contributed by atoms with Crippen LogP contribution in [0.3, 0.4) is 0 Å². The van der Waals surface area contributed by atoms with Gasteiger partial charge in [-0.2, -0.15) is 0 Å². The summed E-state index contributed by atoms with van der Waals surface area (Å²) in [5.41, 5.74) is 1.65. The van der Waals surface area contributed by atoms with E-state index in [0.29, 0.717) is 6.54 Å². The Morgan fingerprint density at radius 2 is 1.67 bits per heavy atom. The molecule has 2 amide bonds. The molecule has 0 bridgehead atoms. The van der Waals surface area contributed by atoms with Crippen molar-refractivity contribution >= 4 is 17.7 Å². The highest BCUT2D eigenvalue weighted by atomic mass is 16.6. The van der Waals surface area contributed by atoms with Gasteiger partial charge in [0.1, 0.15) is 5.60 Å². The van der Waals surface area contributed by atoms with Crippen molar-refractivity contribution < 1.29 is 14.3 Å². The quantitative estimate of drug-likeness (QED) is 0.868. The van der Waals surface area contributed by atoms with Gasteiger partial charge in [-0.25, -0.2) is 4.79 Å². The van der Waals surface area contributed by atoms with Crippen LogP contribution in [0.2, 0.25) is 0 Å². The Morgan fingerprint density at radius 1 is 1.08 bits per heavy atom. The van der Waals surface area contributed by atoms with E-state index in [1.165, 1.54) is 0 Å². The SMILES string of the molecule is CN(Cc1ccc(N(C)C)cc1)C(=O)CCNC(=O)OC(C)(C)C. The first-order valence-corrected chi connectivity index (χ1v) is 8.05. The summed E-state index contributed by atoms with van der Waals surface area (Å²) in [6.45, 7) is 6.20. The molecular weight excluding hydrogens is 306 g/mol. The zero-order chi connectivity index (χ0) is 18.3. The van der Waals surface area contributed by atoms with Crippen LogP contribution in [0, 0.1) is 0 Å². The van der Waals surface area contributed by atoms with Crippen LogP contribution in [0.25, 0.3) is 0 Å². The number of ether oxygens (including phenoxy) is 1. The second-order valence-corrected chi connectivity index (χ2v) is 6.99. The molecule has 6 nitrogen and oxygen atoms in total. The van der Waals surface area contributed by atoms with E-state index < -0.39 is 11.7 Å². The minimum Gasteiger partial charge on any atom is -0.444 e. The molecule has 0 spiro atoms. The Balaban J connectivity index is 2.38. The fourth-order valence-electron chi connectivity index (χ4n) is 2.04. The van der Waals surface area contributed by atoms with Crippen molar-refractivity contribution in [3.8, 4) is 0 Å². The topological polar surface area (TPSA) is 61.9 Å². The summed E-state index contributed by atoms with van der Waals surface area (Å²) >= 11 is 0. The largest absolute Gasteiger partial charge is 0.444 e. The smallest absolute Gasteiger partial charge is 0.407 e. The normalized spacial score (nSPS) is 10.9. The number of nitrogens with one attached hydrogen (secondary N) is 1. The number of amides is 2. The molecule has 0 heterocycles. The molecule has 0 aliphatic heterocycles. The molecule has 0 aromatic heterocycles. The maximum absolute atomic E-state index is 12.1. The van der Waals surface area contributed by atoms with Gasteiger partial charge in [0.25, 0.3) is 0 Å². The van der Waals surface area contributed by atoms with E-state index in [0.717, 1.165) is 11.3 Å². The first-order valence-electron chi connectivity index (χ1n) is 8.05. The summed E-state index contributed by atoms with van der Waals surface area (Å²) < 4.78 is 5.13. The zero-order valence-electron chi connectivity index (χ0n) is 15.5. The minimum atomic E-state index is -0.538. The molecule has 6 heteroatoms. The lowest BCUT2D eigenvalue weighted by Gasteiger charge is -2.20. The molecule has 1 aromatic rings. The van der Waals surface area contributed by atoms with Gasteiger partial charge in [-0.15, -0.1) is 0 Å². The van der Waals surface area contributed by atoms with Crippen molar-refractivity contribution in [2.75, 3.05) is 32.6 Å². The average molecular weight is 335 g/mol. The number of carbonyl (C=O) groups is 2. The number of carbonyl (C=O) groups excluding carboxylic acids is 2. The third kappa shape index (κ3) is 7.35.